The van der Waals surface area contributed by atoms with Gasteiger partial charge in [0.15, 0.2) is 0 Å². The molecule has 0 atom stereocenters. The first-order valence-corrected chi connectivity index (χ1v) is 5.60. The molecule has 0 spiro atoms. The third kappa shape index (κ3) is 3.09. The summed E-state index contributed by atoms with van der Waals surface area (Å²) in [5.41, 5.74) is 2.17. The van der Waals surface area contributed by atoms with E-state index in [1.54, 1.807) is 0 Å². The van der Waals surface area contributed by atoms with E-state index in [0.29, 0.717) is 0 Å². The Morgan fingerprint density at radius 1 is 1.18 bits per heavy atom. The molecule has 94 valence electrons. The number of hydrogen-bond acceptors (Lipinski definition) is 3. The second kappa shape index (κ2) is 4.91. The van der Waals surface area contributed by atoms with Gasteiger partial charge in [0.2, 0.25) is 0 Å². The molecule has 0 bridgehead atoms. The summed E-state index contributed by atoms with van der Waals surface area (Å²) in [5.74, 6) is 0. The van der Waals surface area contributed by atoms with Gasteiger partial charge in [0.25, 0.3) is 0 Å². The highest BCUT2D eigenvalue weighted by Gasteiger charge is 2.33. The van der Waals surface area contributed by atoms with Crippen molar-refractivity contribution < 1.29 is 13.2 Å². The van der Waals surface area contributed by atoms with Gasteiger partial charge in [0, 0.05) is 19.3 Å². The summed E-state index contributed by atoms with van der Waals surface area (Å²) in [6.07, 6.45) is 1.18. The number of aromatic nitrogens is 1. The lowest BCUT2D eigenvalue weighted by Gasteiger charge is -2.28. The Balaban J connectivity index is 2.14. The van der Waals surface area contributed by atoms with Gasteiger partial charge in [-0.1, -0.05) is 6.42 Å². The Hall–Kier alpha value is -1.30. The average molecular weight is 245 g/mol. The number of nitrogens with one attached hydrogen (secondary N) is 1. The third-order valence-electron chi connectivity index (χ3n) is 2.76. The van der Waals surface area contributed by atoms with Crippen molar-refractivity contribution in [1.82, 2.24) is 9.99 Å². The molecule has 0 aliphatic carbocycles. The molecule has 1 aliphatic rings. The largest absolute Gasteiger partial charge is 0.418 e. The van der Waals surface area contributed by atoms with Crippen LogP contribution in [0.15, 0.2) is 18.5 Å². The molecule has 3 nitrogen and oxygen atoms in total. The van der Waals surface area contributed by atoms with Crippen molar-refractivity contribution in [2.24, 2.45) is 0 Å². The highest BCUT2D eigenvalue weighted by Crippen LogP contribution is 2.34. The molecule has 1 saturated heterocycles. The van der Waals surface area contributed by atoms with Crippen LogP contribution in [-0.4, -0.2) is 23.1 Å². The van der Waals surface area contributed by atoms with E-state index in [1.165, 1.54) is 6.20 Å². The highest BCUT2D eigenvalue weighted by atomic mass is 19.4. The number of hydrazine groups is 1. The molecule has 1 aliphatic heterocycles. The molecule has 2 heterocycles. The topological polar surface area (TPSA) is 28.2 Å². The van der Waals surface area contributed by atoms with E-state index in [1.807, 2.05) is 5.01 Å². The van der Waals surface area contributed by atoms with Crippen molar-refractivity contribution >= 4 is 5.69 Å². The number of halogens is 3. The number of hydrogen-bond donors (Lipinski definition) is 1. The Kier molecular flexibility index (Phi) is 3.51. The first kappa shape index (κ1) is 12.2. The smallest absolute Gasteiger partial charge is 0.317 e. The van der Waals surface area contributed by atoms with Crippen LogP contribution in [0.2, 0.25) is 0 Å². The van der Waals surface area contributed by atoms with Gasteiger partial charge in [-0.05, 0) is 18.9 Å². The molecule has 0 radical (unpaired) electrons. The first-order chi connectivity index (χ1) is 8.07. The number of alkyl halides is 3. The predicted molar refractivity (Wildman–Crippen MR) is 58.3 cm³/mol. The molecule has 1 aromatic heterocycles. The average Bonchev–Trinajstić information content (AvgIpc) is 2.30. The molecule has 0 aromatic carbocycles. The molecule has 17 heavy (non-hydrogen) atoms. The lowest BCUT2D eigenvalue weighted by molar-refractivity contribution is -0.137. The fraction of sp³-hybridized carbons (Fsp3) is 0.545. The monoisotopic (exact) mass is 245 g/mol. The van der Waals surface area contributed by atoms with Crippen LogP contribution in [0.4, 0.5) is 18.9 Å². The molecular weight excluding hydrogens is 231 g/mol. The van der Waals surface area contributed by atoms with E-state index >= 15 is 0 Å². The second-order valence-corrected chi connectivity index (χ2v) is 4.08. The number of anilines is 1. The van der Waals surface area contributed by atoms with Crippen LogP contribution in [-0.2, 0) is 6.18 Å². The lowest BCUT2D eigenvalue weighted by Crippen LogP contribution is -2.35. The zero-order chi connectivity index (χ0) is 12.3. The number of nitrogens with zero attached hydrogens (tertiary/aromatic N) is 2. The van der Waals surface area contributed by atoms with Crippen molar-refractivity contribution in [2.75, 3.05) is 18.5 Å². The van der Waals surface area contributed by atoms with Gasteiger partial charge in [0.05, 0.1) is 17.4 Å². The molecule has 6 heteroatoms. The van der Waals surface area contributed by atoms with Crippen molar-refractivity contribution in [1.29, 1.82) is 0 Å². The predicted octanol–water partition coefficient (Wildman–Crippen LogP) is 2.91. The van der Waals surface area contributed by atoms with Gasteiger partial charge in [0.1, 0.15) is 0 Å². The van der Waals surface area contributed by atoms with Gasteiger partial charge >= 0.3 is 6.18 Å². The van der Waals surface area contributed by atoms with Crippen LogP contribution < -0.4 is 5.43 Å². The molecule has 0 unspecified atom stereocenters. The summed E-state index contributed by atoms with van der Waals surface area (Å²) in [6.45, 7) is 1.54. The van der Waals surface area contributed by atoms with E-state index in [4.69, 9.17) is 0 Å². The fourth-order valence-electron chi connectivity index (χ4n) is 1.91. The molecule has 1 N–H and O–H groups in total. The van der Waals surface area contributed by atoms with E-state index in [2.05, 4.69) is 10.4 Å². The standard InChI is InChI=1S/C11H14F3N3/c12-11(13,14)9-4-5-15-8-10(9)16-17-6-2-1-3-7-17/h4-5,8,16H,1-3,6-7H2. The van der Waals surface area contributed by atoms with Gasteiger partial charge in [-0.3, -0.25) is 4.98 Å². The van der Waals surface area contributed by atoms with Crippen molar-refractivity contribution in [3.63, 3.8) is 0 Å². The number of pyridine rings is 1. The van der Waals surface area contributed by atoms with E-state index in [0.717, 1.165) is 44.6 Å². The summed E-state index contributed by atoms with van der Waals surface area (Å²) < 4.78 is 38.1. The highest BCUT2D eigenvalue weighted by molar-refractivity contribution is 5.49. The van der Waals surface area contributed by atoms with E-state index < -0.39 is 11.7 Å². The van der Waals surface area contributed by atoms with Crippen molar-refractivity contribution in [3.8, 4) is 0 Å². The van der Waals surface area contributed by atoms with Crippen LogP contribution in [0.25, 0.3) is 0 Å². The Morgan fingerprint density at radius 3 is 2.53 bits per heavy atom. The van der Waals surface area contributed by atoms with E-state index in [9.17, 15) is 13.2 Å². The van der Waals surface area contributed by atoms with Crippen LogP contribution in [0.5, 0.6) is 0 Å². The maximum Gasteiger partial charge on any atom is 0.418 e. The third-order valence-corrected chi connectivity index (χ3v) is 2.76. The molecular formula is C11H14F3N3. The summed E-state index contributed by atoms with van der Waals surface area (Å²) in [4.78, 5) is 3.74. The minimum absolute atomic E-state index is 0.0295. The van der Waals surface area contributed by atoms with Gasteiger partial charge in [-0.25, -0.2) is 5.01 Å². The zero-order valence-electron chi connectivity index (χ0n) is 9.30. The lowest BCUT2D eigenvalue weighted by atomic mass is 10.1. The Morgan fingerprint density at radius 2 is 1.88 bits per heavy atom. The molecule has 1 aromatic rings. The Labute approximate surface area is 97.6 Å². The Bertz CT molecular complexity index is 372. The van der Waals surface area contributed by atoms with Crippen LogP contribution in [0.3, 0.4) is 0 Å². The number of rotatable bonds is 2. The van der Waals surface area contributed by atoms with Crippen LogP contribution >= 0.6 is 0 Å². The number of piperidine rings is 1. The fourth-order valence-corrected chi connectivity index (χ4v) is 1.91. The van der Waals surface area contributed by atoms with Gasteiger partial charge < -0.3 is 5.43 Å². The van der Waals surface area contributed by atoms with Crippen LogP contribution in [0, 0.1) is 0 Å². The normalized spacial score (nSPS) is 18.1. The van der Waals surface area contributed by atoms with Crippen LogP contribution in [0.1, 0.15) is 24.8 Å². The summed E-state index contributed by atoms with van der Waals surface area (Å²) in [5, 5.41) is 1.82. The quantitative estimate of drug-likeness (QED) is 0.868. The van der Waals surface area contributed by atoms with Gasteiger partial charge in [-0.15, -0.1) is 0 Å². The molecule has 0 saturated carbocycles. The summed E-state index contributed by atoms with van der Waals surface area (Å²) in [7, 11) is 0. The zero-order valence-corrected chi connectivity index (χ0v) is 9.30. The second-order valence-electron chi connectivity index (χ2n) is 4.08. The SMILES string of the molecule is FC(F)(F)c1ccncc1NN1CCCCC1. The van der Waals surface area contributed by atoms with Crippen molar-refractivity contribution in [3.05, 3.63) is 24.0 Å². The molecule has 0 amide bonds. The van der Waals surface area contributed by atoms with Crippen molar-refractivity contribution in [2.45, 2.75) is 25.4 Å². The molecule has 2 rings (SSSR count). The minimum atomic E-state index is -4.35. The van der Waals surface area contributed by atoms with E-state index in [-0.39, 0.29) is 5.69 Å². The maximum absolute atomic E-state index is 12.7. The van der Waals surface area contributed by atoms with Gasteiger partial charge in [-0.2, -0.15) is 13.2 Å². The minimum Gasteiger partial charge on any atom is -0.317 e. The first-order valence-electron chi connectivity index (χ1n) is 5.60. The summed E-state index contributed by atoms with van der Waals surface area (Å²) in [6, 6.07) is 0.992. The maximum atomic E-state index is 12.7. The molecule has 1 fully saturated rings. The summed E-state index contributed by atoms with van der Waals surface area (Å²) >= 11 is 0.